The van der Waals surface area contributed by atoms with Gasteiger partial charge in [-0.1, -0.05) is 13.8 Å². The van der Waals surface area contributed by atoms with E-state index in [0.29, 0.717) is 32.0 Å². The van der Waals surface area contributed by atoms with Crippen LogP contribution in [0.1, 0.15) is 26.7 Å². The smallest absolute Gasteiger partial charge is 0.330 e. The Morgan fingerprint density at radius 1 is 1.29 bits per heavy atom. The Morgan fingerprint density at radius 3 is 2.59 bits per heavy atom. The monoisotopic (exact) mass is 239 g/mol. The van der Waals surface area contributed by atoms with Crippen LogP contribution in [0.2, 0.25) is 0 Å². The molecule has 0 aliphatic heterocycles. The summed E-state index contributed by atoms with van der Waals surface area (Å²) < 4.78 is 2.85. The zero-order valence-electron chi connectivity index (χ0n) is 10.6. The lowest BCUT2D eigenvalue weighted by Crippen LogP contribution is -2.39. The van der Waals surface area contributed by atoms with E-state index in [-0.39, 0.29) is 11.2 Å². The van der Waals surface area contributed by atoms with Gasteiger partial charge in [-0.2, -0.15) is 0 Å². The Labute approximate surface area is 101 Å². The van der Waals surface area contributed by atoms with E-state index < -0.39 is 0 Å². The zero-order chi connectivity index (χ0) is 12.8. The summed E-state index contributed by atoms with van der Waals surface area (Å²) in [5, 5.41) is 0. The van der Waals surface area contributed by atoms with Crippen LogP contribution in [0.3, 0.4) is 0 Å². The van der Waals surface area contributed by atoms with E-state index in [0.717, 1.165) is 6.42 Å². The third-order valence-electron chi connectivity index (χ3n) is 2.67. The van der Waals surface area contributed by atoms with Gasteiger partial charge >= 0.3 is 5.69 Å². The first-order valence-electron chi connectivity index (χ1n) is 6.06. The van der Waals surface area contributed by atoms with Gasteiger partial charge in [0.2, 0.25) is 0 Å². The van der Waals surface area contributed by atoms with Gasteiger partial charge in [-0.25, -0.2) is 4.79 Å². The van der Waals surface area contributed by atoms with Crippen LogP contribution < -0.4 is 17.0 Å². The van der Waals surface area contributed by atoms with Crippen molar-refractivity contribution in [3.8, 4) is 0 Å². The van der Waals surface area contributed by atoms with Gasteiger partial charge < -0.3 is 10.3 Å². The highest BCUT2D eigenvalue weighted by Crippen LogP contribution is 2.00. The number of hydrogen-bond acceptors (Lipinski definition) is 3. The summed E-state index contributed by atoms with van der Waals surface area (Å²) in [5.74, 6) is 0.534. The SMILES string of the molecule is CC(C)CCn1ccc(=O)n(CCCN)c1=O. The molecule has 1 aromatic rings. The summed E-state index contributed by atoms with van der Waals surface area (Å²) in [6, 6.07) is 1.44. The highest BCUT2D eigenvalue weighted by molar-refractivity contribution is 4.86. The minimum Gasteiger partial charge on any atom is -0.330 e. The minimum atomic E-state index is -0.246. The second-order valence-corrected chi connectivity index (χ2v) is 4.61. The molecule has 0 bridgehead atoms. The number of aryl methyl sites for hydroxylation is 1. The molecule has 17 heavy (non-hydrogen) atoms. The van der Waals surface area contributed by atoms with Gasteiger partial charge in [-0.3, -0.25) is 9.36 Å². The fourth-order valence-corrected chi connectivity index (χ4v) is 1.58. The normalized spacial score (nSPS) is 11.1. The zero-order valence-corrected chi connectivity index (χ0v) is 10.6. The van der Waals surface area contributed by atoms with Crippen LogP contribution in [-0.4, -0.2) is 15.7 Å². The first-order chi connectivity index (χ1) is 8.06. The molecule has 0 atom stereocenters. The van der Waals surface area contributed by atoms with Crippen molar-refractivity contribution in [3.63, 3.8) is 0 Å². The number of rotatable bonds is 6. The maximum atomic E-state index is 12.0. The van der Waals surface area contributed by atoms with Crippen LogP contribution in [0.5, 0.6) is 0 Å². The van der Waals surface area contributed by atoms with E-state index in [1.807, 2.05) is 0 Å². The Kier molecular flexibility index (Phi) is 5.15. The molecular weight excluding hydrogens is 218 g/mol. The van der Waals surface area contributed by atoms with Crippen LogP contribution in [-0.2, 0) is 13.1 Å². The Bertz CT molecular complexity index is 460. The van der Waals surface area contributed by atoms with E-state index in [9.17, 15) is 9.59 Å². The Balaban J connectivity index is 2.94. The minimum absolute atomic E-state index is 0.230. The highest BCUT2D eigenvalue weighted by atomic mass is 16.2. The molecule has 0 radical (unpaired) electrons. The van der Waals surface area contributed by atoms with Gasteiger partial charge in [0.15, 0.2) is 0 Å². The maximum absolute atomic E-state index is 12.0. The van der Waals surface area contributed by atoms with Gasteiger partial charge in [0, 0.05) is 25.4 Å². The van der Waals surface area contributed by atoms with E-state index in [1.54, 1.807) is 10.8 Å². The van der Waals surface area contributed by atoms with Crippen molar-refractivity contribution in [1.82, 2.24) is 9.13 Å². The molecule has 0 aromatic carbocycles. The van der Waals surface area contributed by atoms with E-state index >= 15 is 0 Å². The number of hydrogen-bond donors (Lipinski definition) is 1. The maximum Gasteiger partial charge on any atom is 0.330 e. The molecule has 0 amide bonds. The van der Waals surface area contributed by atoms with Crippen molar-refractivity contribution < 1.29 is 0 Å². The van der Waals surface area contributed by atoms with Crippen molar-refractivity contribution >= 4 is 0 Å². The molecule has 0 saturated carbocycles. The molecule has 0 unspecified atom stereocenters. The molecule has 5 heteroatoms. The third kappa shape index (κ3) is 3.85. The van der Waals surface area contributed by atoms with Crippen LogP contribution in [0.25, 0.3) is 0 Å². The van der Waals surface area contributed by atoms with E-state index in [1.165, 1.54) is 10.6 Å². The number of nitrogens with zero attached hydrogens (tertiary/aromatic N) is 2. The van der Waals surface area contributed by atoms with Crippen LogP contribution >= 0.6 is 0 Å². The molecule has 0 aliphatic carbocycles. The van der Waals surface area contributed by atoms with Crippen LogP contribution in [0.4, 0.5) is 0 Å². The summed E-state index contributed by atoms with van der Waals surface area (Å²) in [7, 11) is 0. The fourth-order valence-electron chi connectivity index (χ4n) is 1.58. The van der Waals surface area contributed by atoms with Crippen molar-refractivity contribution in [2.45, 2.75) is 39.8 Å². The molecule has 5 nitrogen and oxygen atoms in total. The summed E-state index contributed by atoms with van der Waals surface area (Å²) in [6.07, 6.45) is 3.14. The van der Waals surface area contributed by atoms with Crippen molar-refractivity contribution in [2.75, 3.05) is 6.54 Å². The first kappa shape index (κ1) is 13.7. The molecule has 1 rings (SSSR count). The predicted molar refractivity (Wildman–Crippen MR) is 68.1 cm³/mol. The summed E-state index contributed by atoms with van der Waals surface area (Å²) in [5.41, 5.74) is 4.91. The van der Waals surface area contributed by atoms with Crippen molar-refractivity contribution in [1.29, 1.82) is 0 Å². The molecule has 2 N–H and O–H groups in total. The topological polar surface area (TPSA) is 70.0 Å². The second kappa shape index (κ2) is 6.39. The van der Waals surface area contributed by atoms with Crippen LogP contribution in [0.15, 0.2) is 21.9 Å². The lowest BCUT2D eigenvalue weighted by molar-refractivity contribution is 0.475. The first-order valence-corrected chi connectivity index (χ1v) is 6.06. The molecule has 0 aliphatic rings. The van der Waals surface area contributed by atoms with Crippen molar-refractivity contribution in [2.24, 2.45) is 11.7 Å². The van der Waals surface area contributed by atoms with E-state index in [4.69, 9.17) is 5.73 Å². The summed E-state index contributed by atoms with van der Waals surface area (Å²) in [4.78, 5) is 23.5. The van der Waals surface area contributed by atoms with Crippen molar-refractivity contribution in [3.05, 3.63) is 33.1 Å². The number of aromatic nitrogens is 2. The Hall–Kier alpha value is -1.36. The molecule has 1 heterocycles. The average molecular weight is 239 g/mol. The summed E-state index contributed by atoms with van der Waals surface area (Å²) in [6.45, 7) is 5.74. The highest BCUT2D eigenvalue weighted by Gasteiger charge is 2.05. The lowest BCUT2D eigenvalue weighted by Gasteiger charge is -2.10. The van der Waals surface area contributed by atoms with Gasteiger partial charge in [-0.05, 0) is 25.3 Å². The molecule has 0 saturated heterocycles. The molecule has 0 spiro atoms. The molecule has 96 valence electrons. The van der Waals surface area contributed by atoms with Gasteiger partial charge in [0.1, 0.15) is 0 Å². The lowest BCUT2D eigenvalue weighted by atomic mass is 10.1. The summed E-state index contributed by atoms with van der Waals surface area (Å²) >= 11 is 0. The molecular formula is C12H21N3O2. The Morgan fingerprint density at radius 2 is 2.00 bits per heavy atom. The predicted octanol–water partition coefficient (Wildman–Crippen LogP) is 0.405. The van der Waals surface area contributed by atoms with Crippen LogP contribution in [0, 0.1) is 5.92 Å². The quantitative estimate of drug-likeness (QED) is 0.781. The van der Waals surface area contributed by atoms with E-state index in [2.05, 4.69) is 13.8 Å². The van der Waals surface area contributed by atoms with Gasteiger partial charge in [0.05, 0.1) is 0 Å². The second-order valence-electron chi connectivity index (χ2n) is 4.61. The molecule has 1 aromatic heterocycles. The van der Waals surface area contributed by atoms with Gasteiger partial charge in [0.25, 0.3) is 5.56 Å². The van der Waals surface area contributed by atoms with Gasteiger partial charge in [-0.15, -0.1) is 0 Å². The average Bonchev–Trinajstić information content (AvgIpc) is 2.27. The number of nitrogens with two attached hydrogens (primary N) is 1. The largest absolute Gasteiger partial charge is 0.330 e. The standard InChI is InChI=1S/C12H21N3O2/c1-10(2)4-8-14-9-5-11(16)15(12(14)17)7-3-6-13/h5,9-10H,3-4,6-8,13H2,1-2H3. The molecule has 0 fully saturated rings. The fraction of sp³-hybridized carbons (Fsp3) is 0.667. The third-order valence-corrected chi connectivity index (χ3v) is 2.67.